The summed E-state index contributed by atoms with van der Waals surface area (Å²) in [6.07, 6.45) is 5.39. The average Bonchev–Trinajstić information content (AvgIpc) is 2.16. The first-order valence-electron chi connectivity index (χ1n) is 5.14. The summed E-state index contributed by atoms with van der Waals surface area (Å²) in [7, 11) is 0. The summed E-state index contributed by atoms with van der Waals surface area (Å²) >= 11 is 5.72. The first kappa shape index (κ1) is 10.6. The molecule has 1 aromatic rings. The monoisotopic (exact) mass is 226 g/mol. The molecule has 1 aliphatic heterocycles. The maximum absolute atomic E-state index is 6.15. The smallest absolute Gasteiger partial charge is 0.225 e. The molecule has 4 nitrogen and oxygen atoms in total. The highest BCUT2D eigenvalue weighted by Gasteiger charge is 2.39. The Morgan fingerprint density at radius 1 is 1.47 bits per heavy atom. The Kier molecular flexibility index (Phi) is 2.80. The lowest BCUT2D eigenvalue weighted by Crippen LogP contribution is -2.67. The number of halogens is 1. The Labute approximate surface area is 94.5 Å². The van der Waals surface area contributed by atoms with E-state index in [1.165, 1.54) is 0 Å². The zero-order valence-corrected chi connectivity index (χ0v) is 9.54. The normalized spacial score (nSPS) is 18.7. The van der Waals surface area contributed by atoms with Gasteiger partial charge in [-0.15, -0.1) is 0 Å². The van der Waals surface area contributed by atoms with Crippen molar-refractivity contribution < 1.29 is 0 Å². The molecule has 0 atom stereocenters. The highest BCUT2D eigenvalue weighted by Crippen LogP contribution is 2.26. The Bertz CT molecular complexity index is 332. The molecule has 1 aromatic heterocycles. The third-order valence-corrected chi connectivity index (χ3v) is 2.84. The molecule has 0 bridgehead atoms. The molecule has 1 aliphatic rings. The Balaban J connectivity index is 1.97. The molecule has 1 saturated heterocycles. The Morgan fingerprint density at radius 3 is 2.60 bits per heavy atom. The van der Waals surface area contributed by atoms with Gasteiger partial charge in [-0.2, -0.15) is 0 Å². The molecule has 0 aromatic carbocycles. The van der Waals surface area contributed by atoms with Crippen LogP contribution < -0.4 is 10.6 Å². The van der Waals surface area contributed by atoms with Gasteiger partial charge < -0.3 is 10.6 Å². The second-order valence-electron chi connectivity index (χ2n) is 4.17. The molecule has 82 valence electrons. The van der Waals surface area contributed by atoms with E-state index in [1.54, 1.807) is 12.4 Å². The molecule has 0 spiro atoms. The van der Waals surface area contributed by atoms with Crippen LogP contribution in [0.1, 0.15) is 19.8 Å². The number of anilines is 1. The van der Waals surface area contributed by atoms with Gasteiger partial charge in [-0.3, -0.25) is 0 Å². The molecule has 0 aliphatic carbocycles. The van der Waals surface area contributed by atoms with Gasteiger partial charge in [0.1, 0.15) is 0 Å². The molecule has 2 heterocycles. The van der Waals surface area contributed by atoms with E-state index < -0.39 is 0 Å². The number of aromatic nitrogens is 2. The molecular weight excluding hydrogens is 212 g/mol. The van der Waals surface area contributed by atoms with Crippen LogP contribution >= 0.6 is 11.6 Å². The van der Waals surface area contributed by atoms with Crippen LogP contribution in [0.15, 0.2) is 12.4 Å². The lowest BCUT2D eigenvalue weighted by molar-refractivity contribution is 0.304. The van der Waals surface area contributed by atoms with E-state index in [1.807, 2.05) is 0 Å². The van der Waals surface area contributed by atoms with Gasteiger partial charge in [0.15, 0.2) is 0 Å². The molecule has 2 rings (SSSR count). The summed E-state index contributed by atoms with van der Waals surface area (Å²) in [5, 5.41) is 0.562. The summed E-state index contributed by atoms with van der Waals surface area (Å²) in [5.41, 5.74) is 6.10. The van der Waals surface area contributed by atoms with Crippen molar-refractivity contribution in [1.29, 1.82) is 0 Å². The third-order valence-electron chi connectivity index (χ3n) is 2.65. The van der Waals surface area contributed by atoms with Crippen molar-refractivity contribution in [3.63, 3.8) is 0 Å². The van der Waals surface area contributed by atoms with Crippen molar-refractivity contribution in [1.82, 2.24) is 9.97 Å². The fourth-order valence-corrected chi connectivity index (χ4v) is 2.08. The highest BCUT2D eigenvalue weighted by atomic mass is 35.5. The summed E-state index contributed by atoms with van der Waals surface area (Å²) < 4.78 is 0. The molecule has 5 heteroatoms. The van der Waals surface area contributed by atoms with E-state index in [0.29, 0.717) is 5.02 Å². The van der Waals surface area contributed by atoms with E-state index in [9.17, 15) is 0 Å². The topological polar surface area (TPSA) is 55.0 Å². The van der Waals surface area contributed by atoms with Crippen molar-refractivity contribution in [3.05, 3.63) is 17.4 Å². The van der Waals surface area contributed by atoms with E-state index in [-0.39, 0.29) is 5.54 Å². The van der Waals surface area contributed by atoms with Crippen molar-refractivity contribution in [2.45, 2.75) is 25.3 Å². The van der Waals surface area contributed by atoms with Crippen molar-refractivity contribution in [2.24, 2.45) is 5.73 Å². The van der Waals surface area contributed by atoms with Gasteiger partial charge in [0.25, 0.3) is 0 Å². The predicted octanol–water partition coefficient (Wildman–Crippen LogP) is 1.45. The molecule has 0 radical (unpaired) electrons. The Hall–Kier alpha value is -0.870. The minimum absolute atomic E-state index is 0.0439. The van der Waals surface area contributed by atoms with Gasteiger partial charge in [-0.25, -0.2) is 9.97 Å². The number of hydrogen-bond acceptors (Lipinski definition) is 4. The van der Waals surface area contributed by atoms with Crippen LogP contribution in [0, 0.1) is 0 Å². The molecule has 0 saturated carbocycles. The average molecular weight is 227 g/mol. The summed E-state index contributed by atoms with van der Waals surface area (Å²) in [6.45, 7) is 3.82. The second-order valence-corrected chi connectivity index (χ2v) is 4.61. The van der Waals surface area contributed by atoms with E-state index >= 15 is 0 Å². The molecule has 15 heavy (non-hydrogen) atoms. The second kappa shape index (κ2) is 3.94. The van der Waals surface area contributed by atoms with Crippen LogP contribution in [-0.2, 0) is 0 Å². The van der Waals surface area contributed by atoms with Crippen LogP contribution in [0.5, 0.6) is 0 Å². The molecular formula is C10H15ClN4. The molecule has 2 N–H and O–H groups in total. The van der Waals surface area contributed by atoms with Gasteiger partial charge in [0.2, 0.25) is 5.95 Å². The number of hydrogen-bond donors (Lipinski definition) is 1. The van der Waals surface area contributed by atoms with Gasteiger partial charge in [-0.1, -0.05) is 24.9 Å². The zero-order valence-electron chi connectivity index (χ0n) is 8.78. The van der Waals surface area contributed by atoms with Crippen LogP contribution in [0.3, 0.4) is 0 Å². The Morgan fingerprint density at radius 2 is 2.07 bits per heavy atom. The summed E-state index contributed by atoms with van der Waals surface area (Å²) in [6, 6.07) is 0. The summed E-state index contributed by atoms with van der Waals surface area (Å²) in [5.74, 6) is 0.719. The fourth-order valence-electron chi connectivity index (χ4n) is 1.98. The fraction of sp³-hybridized carbons (Fsp3) is 0.600. The van der Waals surface area contributed by atoms with Crippen LogP contribution in [0.4, 0.5) is 5.95 Å². The van der Waals surface area contributed by atoms with Crippen LogP contribution in [0.25, 0.3) is 0 Å². The largest absolute Gasteiger partial charge is 0.337 e. The van der Waals surface area contributed by atoms with Gasteiger partial charge in [0, 0.05) is 13.1 Å². The van der Waals surface area contributed by atoms with Crippen molar-refractivity contribution in [3.8, 4) is 0 Å². The predicted molar refractivity (Wildman–Crippen MR) is 61.1 cm³/mol. The minimum Gasteiger partial charge on any atom is -0.337 e. The molecule has 0 amide bonds. The van der Waals surface area contributed by atoms with E-state index in [0.717, 1.165) is 31.9 Å². The SMILES string of the molecule is CCCC1(N)CN(c2ncc(Cl)cn2)C1. The lowest BCUT2D eigenvalue weighted by atomic mass is 9.87. The maximum Gasteiger partial charge on any atom is 0.225 e. The van der Waals surface area contributed by atoms with Gasteiger partial charge in [0.05, 0.1) is 23.0 Å². The van der Waals surface area contributed by atoms with Crippen LogP contribution in [0.2, 0.25) is 5.02 Å². The number of rotatable bonds is 3. The molecule has 1 fully saturated rings. The number of nitrogens with two attached hydrogens (primary N) is 1. The first-order chi connectivity index (χ1) is 7.13. The molecule has 0 unspecified atom stereocenters. The van der Waals surface area contributed by atoms with Crippen molar-refractivity contribution >= 4 is 17.5 Å². The zero-order chi connectivity index (χ0) is 10.9. The van der Waals surface area contributed by atoms with Gasteiger partial charge >= 0.3 is 0 Å². The van der Waals surface area contributed by atoms with E-state index in [4.69, 9.17) is 17.3 Å². The quantitative estimate of drug-likeness (QED) is 0.848. The maximum atomic E-state index is 6.15. The van der Waals surface area contributed by atoms with E-state index in [2.05, 4.69) is 21.8 Å². The number of nitrogens with zero attached hydrogens (tertiary/aromatic N) is 3. The standard InChI is InChI=1S/C10H15ClN4/c1-2-3-10(12)6-15(7-10)9-13-4-8(11)5-14-9/h4-5H,2-3,6-7,12H2,1H3. The third kappa shape index (κ3) is 2.21. The minimum atomic E-state index is -0.0439. The van der Waals surface area contributed by atoms with Crippen LogP contribution in [-0.4, -0.2) is 28.6 Å². The van der Waals surface area contributed by atoms with Gasteiger partial charge in [-0.05, 0) is 6.42 Å². The van der Waals surface area contributed by atoms with Crippen molar-refractivity contribution in [2.75, 3.05) is 18.0 Å². The lowest BCUT2D eigenvalue weighted by Gasteiger charge is -2.47. The highest BCUT2D eigenvalue weighted by molar-refractivity contribution is 6.30. The first-order valence-corrected chi connectivity index (χ1v) is 5.52. The summed E-state index contributed by atoms with van der Waals surface area (Å²) in [4.78, 5) is 10.4.